The molecule has 0 aliphatic heterocycles. The van der Waals surface area contributed by atoms with Gasteiger partial charge in [0.2, 0.25) is 0 Å². The topological polar surface area (TPSA) is 91.4 Å². The van der Waals surface area contributed by atoms with Crippen molar-refractivity contribution >= 4 is 5.82 Å². The van der Waals surface area contributed by atoms with Crippen molar-refractivity contribution in [2.75, 3.05) is 5.73 Å². The Bertz CT molecular complexity index is 736. The average Bonchev–Trinajstić information content (AvgIpc) is 2.86. The van der Waals surface area contributed by atoms with Crippen LogP contribution in [0.2, 0.25) is 0 Å². The van der Waals surface area contributed by atoms with E-state index in [2.05, 4.69) is 27.9 Å². The number of aromatic amines is 1. The first-order valence-corrected chi connectivity index (χ1v) is 7.42. The number of nitrogens with two attached hydrogens (primary N) is 1. The fraction of sp³-hybridized carbons (Fsp3) is 0.438. The predicted molar refractivity (Wildman–Crippen MR) is 81.7 cm³/mol. The minimum atomic E-state index is 0.327. The standard InChI is InChI=1S/C16H19N5/c1-3-13-19-9(2)15(21-13)14-10-6-4-5-7-12(10)20-16(18)11(14)8-17/h3-7H2,1-2H3,(H2,18,20)(H,19,21). The van der Waals surface area contributed by atoms with Gasteiger partial charge < -0.3 is 10.7 Å². The van der Waals surface area contributed by atoms with Gasteiger partial charge in [-0.3, -0.25) is 0 Å². The Balaban J connectivity index is 2.31. The Morgan fingerprint density at radius 3 is 2.71 bits per heavy atom. The van der Waals surface area contributed by atoms with E-state index in [0.717, 1.165) is 66.1 Å². The predicted octanol–water partition coefficient (Wildman–Crippen LogP) is 2.68. The molecular formula is C16H19N5. The van der Waals surface area contributed by atoms with Crippen LogP contribution >= 0.6 is 0 Å². The summed E-state index contributed by atoms with van der Waals surface area (Å²) in [6.07, 6.45) is 4.97. The number of nitrogens with zero attached hydrogens (tertiary/aromatic N) is 3. The van der Waals surface area contributed by atoms with Crippen molar-refractivity contribution in [3.05, 3.63) is 28.3 Å². The zero-order valence-electron chi connectivity index (χ0n) is 12.5. The maximum absolute atomic E-state index is 9.51. The van der Waals surface area contributed by atoms with Crippen LogP contribution in [0.3, 0.4) is 0 Å². The third kappa shape index (κ3) is 2.17. The number of aromatic nitrogens is 3. The van der Waals surface area contributed by atoms with Crippen LogP contribution in [0.4, 0.5) is 5.82 Å². The molecule has 3 rings (SSSR count). The highest BCUT2D eigenvalue weighted by Crippen LogP contribution is 2.36. The summed E-state index contributed by atoms with van der Waals surface area (Å²) in [5.74, 6) is 1.26. The van der Waals surface area contributed by atoms with Gasteiger partial charge in [-0.2, -0.15) is 5.26 Å². The molecule has 0 amide bonds. The van der Waals surface area contributed by atoms with Crippen molar-refractivity contribution in [1.29, 1.82) is 5.26 Å². The van der Waals surface area contributed by atoms with Gasteiger partial charge in [0, 0.05) is 23.4 Å². The van der Waals surface area contributed by atoms with E-state index in [-0.39, 0.29) is 0 Å². The van der Waals surface area contributed by atoms with Crippen molar-refractivity contribution in [2.45, 2.75) is 46.0 Å². The summed E-state index contributed by atoms with van der Waals surface area (Å²) in [7, 11) is 0. The number of pyridine rings is 1. The van der Waals surface area contributed by atoms with Gasteiger partial charge in [-0.05, 0) is 38.2 Å². The molecule has 0 unspecified atom stereocenters. The zero-order chi connectivity index (χ0) is 15.0. The van der Waals surface area contributed by atoms with Crippen LogP contribution in [0.1, 0.15) is 48.1 Å². The summed E-state index contributed by atoms with van der Waals surface area (Å²) in [6.45, 7) is 4.05. The number of rotatable bonds is 2. The quantitative estimate of drug-likeness (QED) is 0.885. The molecule has 0 spiro atoms. The molecule has 0 atom stereocenters. The van der Waals surface area contributed by atoms with Crippen LogP contribution in [-0.2, 0) is 19.3 Å². The lowest BCUT2D eigenvalue weighted by atomic mass is 9.88. The van der Waals surface area contributed by atoms with Crippen molar-refractivity contribution < 1.29 is 0 Å². The maximum atomic E-state index is 9.51. The molecule has 0 bridgehead atoms. The number of fused-ring (bicyclic) bond motifs is 1. The number of hydrogen-bond acceptors (Lipinski definition) is 4. The van der Waals surface area contributed by atoms with Crippen LogP contribution < -0.4 is 5.73 Å². The van der Waals surface area contributed by atoms with Crippen LogP contribution in [-0.4, -0.2) is 15.0 Å². The summed E-state index contributed by atoms with van der Waals surface area (Å²) in [5.41, 5.74) is 11.4. The Hall–Kier alpha value is -2.35. The number of aryl methyl sites for hydroxylation is 3. The Kier molecular flexibility index (Phi) is 3.38. The molecule has 108 valence electrons. The second-order valence-corrected chi connectivity index (χ2v) is 5.50. The Labute approximate surface area is 124 Å². The molecule has 0 saturated carbocycles. The van der Waals surface area contributed by atoms with E-state index in [1.807, 2.05) is 6.92 Å². The largest absolute Gasteiger partial charge is 0.383 e. The highest BCUT2D eigenvalue weighted by atomic mass is 14.9. The van der Waals surface area contributed by atoms with Gasteiger partial charge in [0.25, 0.3) is 0 Å². The summed E-state index contributed by atoms with van der Waals surface area (Å²) < 4.78 is 0. The van der Waals surface area contributed by atoms with Crippen molar-refractivity contribution in [3.8, 4) is 17.3 Å². The van der Waals surface area contributed by atoms with Gasteiger partial charge >= 0.3 is 0 Å². The number of nitriles is 1. The zero-order valence-corrected chi connectivity index (χ0v) is 12.5. The van der Waals surface area contributed by atoms with Crippen LogP contribution in [0.25, 0.3) is 11.3 Å². The minimum Gasteiger partial charge on any atom is -0.383 e. The van der Waals surface area contributed by atoms with Gasteiger partial charge in [0.05, 0.1) is 5.69 Å². The number of imidazole rings is 1. The van der Waals surface area contributed by atoms with Gasteiger partial charge in [-0.1, -0.05) is 6.92 Å². The molecule has 2 aromatic heterocycles. The lowest BCUT2D eigenvalue weighted by molar-refractivity contribution is 0.669. The molecule has 3 N–H and O–H groups in total. The van der Waals surface area contributed by atoms with E-state index in [9.17, 15) is 5.26 Å². The SMILES string of the molecule is CCc1nc(-c2c(C#N)c(N)nc3c2CCCC3)c(C)[nH]1. The van der Waals surface area contributed by atoms with Crippen molar-refractivity contribution in [1.82, 2.24) is 15.0 Å². The van der Waals surface area contributed by atoms with Crippen LogP contribution in [0.5, 0.6) is 0 Å². The Morgan fingerprint density at radius 2 is 2.05 bits per heavy atom. The van der Waals surface area contributed by atoms with Crippen molar-refractivity contribution in [2.24, 2.45) is 0 Å². The number of nitrogens with one attached hydrogen (secondary N) is 1. The molecule has 5 nitrogen and oxygen atoms in total. The molecule has 0 radical (unpaired) electrons. The van der Waals surface area contributed by atoms with E-state index in [1.54, 1.807) is 0 Å². The summed E-state index contributed by atoms with van der Waals surface area (Å²) in [6, 6.07) is 2.23. The first kappa shape index (κ1) is 13.6. The van der Waals surface area contributed by atoms with Crippen molar-refractivity contribution in [3.63, 3.8) is 0 Å². The van der Waals surface area contributed by atoms with Gasteiger partial charge in [-0.15, -0.1) is 0 Å². The molecule has 1 aliphatic carbocycles. The van der Waals surface area contributed by atoms with E-state index in [1.165, 1.54) is 0 Å². The normalized spacial score (nSPS) is 13.8. The van der Waals surface area contributed by atoms with Crippen LogP contribution in [0.15, 0.2) is 0 Å². The minimum absolute atomic E-state index is 0.327. The lowest BCUT2D eigenvalue weighted by Gasteiger charge is -2.20. The molecule has 5 heteroatoms. The van der Waals surface area contributed by atoms with E-state index in [0.29, 0.717) is 11.4 Å². The number of anilines is 1. The molecule has 21 heavy (non-hydrogen) atoms. The number of nitrogen functional groups attached to an aromatic ring is 1. The molecule has 2 heterocycles. The van der Waals surface area contributed by atoms with E-state index >= 15 is 0 Å². The molecule has 0 saturated heterocycles. The van der Waals surface area contributed by atoms with Gasteiger partial charge in [0.1, 0.15) is 23.3 Å². The van der Waals surface area contributed by atoms with E-state index in [4.69, 9.17) is 5.73 Å². The number of H-pyrrole nitrogens is 1. The smallest absolute Gasteiger partial charge is 0.142 e. The lowest BCUT2D eigenvalue weighted by Crippen LogP contribution is -2.12. The average molecular weight is 281 g/mol. The first-order chi connectivity index (χ1) is 10.2. The summed E-state index contributed by atoms with van der Waals surface area (Å²) in [5, 5.41) is 9.51. The van der Waals surface area contributed by atoms with E-state index < -0.39 is 0 Å². The third-order valence-electron chi connectivity index (χ3n) is 4.12. The van der Waals surface area contributed by atoms with Gasteiger partial charge in [0.15, 0.2) is 0 Å². The molecule has 0 aromatic carbocycles. The molecule has 2 aromatic rings. The highest BCUT2D eigenvalue weighted by molar-refractivity contribution is 5.78. The highest BCUT2D eigenvalue weighted by Gasteiger charge is 2.24. The maximum Gasteiger partial charge on any atom is 0.142 e. The fourth-order valence-corrected chi connectivity index (χ4v) is 3.07. The summed E-state index contributed by atoms with van der Waals surface area (Å²) >= 11 is 0. The second-order valence-electron chi connectivity index (χ2n) is 5.50. The Morgan fingerprint density at radius 1 is 1.29 bits per heavy atom. The van der Waals surface area contributed by atoms with Crippen LogP contribution in [0, 0.1) is 18.3 Å². The van der Waals surface area contributed by atoms with Gasteiger partial charge in [-0.25, -0.2) is 9.97 Å². The number of hydrogen-bond donors (Lipinski definition) is 2. The monoisotopic (exact) mass is 281 g/mol. The first-order valence-electron chi connectivity index (χ1n) is 7.42. The molecule has 1 aliphatic rings. The molecule has 0 fully saturated rings. The molecular weight excluding hydrogens is 262 g/mol. The second kappa shape index (κ2) is 5.21. The third-order valence-corrected chi connectivity index (χ3v) is 4.12. The summed E-state index contributed by atoms with van der Waals surface area (Å²) in [4.78, 5) is 12.4. The fourth-order valence-electron chi connectivity index (χ4n) is 3.07.